The second kappa shape index (κ2) is 6.42. The number of anilines is 2. The van der Waals surface area contributed by atoms with Crippen LogP contribution in [0.4, 0.5) is 24.8 Å². The molecule has 0 bridgehead atoms. The topological polar surface area (TPSA) is 64.9 Å². The highest BCUT2D eigenvalue weighted by Crippen LogP contribution is 2.35. The number of benzene rings is 1. The fraction of sp³-hybridized carbons (Fsp3) is 0.188. The first-order valence-corrected chi connectivity index (χ1v) is 7.25. The maximum absolute atomic E-state index is 12.9. The second-order valence-electron chi connectivity index (χ2n) is 5.15. The van der Waals surface area contributed by atoms with E-state index in [0.717, 1.165) is 12.8 Å². The van der Waals surface area contributed by atoms with Crippen molar-refractivity contribution in [3.63, 3.8) is 0 Å². The Morgan fingerprint density at radius 2 is 1.88 bits per heavy atom. The summed E-state index contributed by atoms with van der Waals surface area (Å²) < 4.78 is 44.9. The standard InChI is InChI=1S/C16H14F3N5O/c1-10-13(9-24(23-10)11-6-4-3-5-7-11)21-15-20-8-12(16(17,18)19)14(22-15)25-2/h3-9H,1-2H3,(H,20,21,22). The van der Waals surface area contributed by atoms with Crippen LogP contribution in [0.3, 0.4) is 0 Å². The van der Waals surface area contributed by atoms with Crippen LogP contribution in [-0.2, 0) is 6.18 Å². The zero-order valence-electron chi connectivity index (χ0n) is 13.4. The van der Waals surface area contributed by atoms with E-state index in [4.69, 9.17) is 4.74 Å². The summed E-state index contributed by atoms with van der Waals surface area (Å²) in [7, 11) is 1.13. The van der Waals surface area contributed by atoms with Gasteiger partial charge in [0.2, 0.25) is 11.8 Å². The van der Waals surface area contributed by atoms with Crippen LogP contribution in [0, 0.1) is 6.92 Å². The van der Waals surface area contributed by atoms with Crippen molar-refractivity contribution < 1.29 is 17.9 Å². The van der Waals surface area contributed by atoms with Gasteiger partial charge >= 0.3 is 6.18 Å². The van der Waals surface area contributed by atoms with Gasteiger partial charge in [-0.15, -0.1) is 0 Å². The van der Waals surface area contributed by atoms with Crippen molar-refractivity contribution in [1.29, 1.82) is 0 Å². The highest BCUT2D eigenvalue weighted by atomic mass is 19.4. The summed E-state index contributed by atoms with van der Waals surface area (Å²) in [6.07, 6.45) is -2.19. The SMILES string of the molecule is COc1nc(Nc2cn(-c3ccccc3)nc2C)ncc1C(F)(F)F. The Bertz CT molecular complexity index is 877. The van der Waals surface area contributed by atoms with Crippen LogP contribution in [0.2, 0.25) is 0 Å². The van der Waals surface area contributed by atoms with E-state index in [2.05, 4.69) is 20.4 Å². The number of hydrogen-bond acceptors (Lipinski definition) is 5. The van der Waals surface area contributed by atoms with Crippen molar-refractivity contribution in [3.05, 3.63) is 54.0 Å². The average molecular weight is 349 g/mol. The molecule has 2 heterocycles. The van der Waals surface area contributed by atoms with Crippen LogP contribution in [0.25, 0.3) is 5.69 Å². The zero-order chi connectivity index (χ0) is 18.0. The fourth-order valence-electron chi connectivity index (χ4n) is 2.19. The average Bonchev–Trinajstić information content (AvgIpc) is 2.95. The van der Waals surface area contributed by atoms with E-state index in [9.17, 15) is 13.2 Å². The van der Waals surface area contributed by atoms with Crippen molar-refractivity contribution in [2.75, 3.05) is 12.4 Å². The lowest BCUT2D eigenvalue weighted by Gasteiger charge is -2.11. The highest BCUT2D eigenvalue weighted by molar-refractivity contribution is 5.56. The molecule has 0 fully saturated rings. The number of rotatable bonds is 4. The van der Waals surface area contributed by atoms with Crippen LogP contribution in [0.15, 0.2) is 42.7 Å². The van der Waals surface area contributed by atoms with E-state index in [1.165, 1.54) is 0 Å². The van der Waals surface area contributed by atoms with Crippen molar-refractivity contribution in [2.24, 2.45) is 0 Å². The highest BCUT2D eigenvalue weighted by Gasteiger charge is 2.36. The molecule has 0 saturated heterocycles. The van der Waals surface area contributed by atoms with Crippen molar-refractivity contribution in [2.45, 2.75) is 13.1 Å². The summed E-state index contributed by atoms with van der Waals surface area (Å²) in [5.74, 6) is -0.557. The molecule has 0 amide bonds. The van der Waals surface area contributed by atoms with Crippen LogP contribution in [0.5, 0.6) is 5.88 Å². The monoisotopic (exact) mass is 349 g/mol. The summed E-state index contributed by atoms with van der Waals surface area (Å²) in [6.45, 7) is 1.77. The third-order valence-electron chi connectivity index (χ3n) is 3.42. The summed E-state index contributed by atoms with van der Waals surface area (Å²) in [5.41, 5.74) is 1.04. The van der Waals surface area contributed by atoms with Gasteiger partial charge in [-0.1, -0.05) is 18.2 Å². The van der Waals surface area contributed by atoms with Crippen molar-refractivity contribution in [1.82, 2.24) is 19.7 Å². The van der Waals surface area contributed by atoms with E-state index in [-0.39, 0.29) is 5.95 Å². The first-order chi connectivity index (χ1) is 11.9. The molecule has 0 radical (unpaired) electrons. The molecule has 0 unspecified atom stereocenters. The van der Waals surface area contributed by atoms with Crippen LogP contribution in [0.1, 0.15) is 11.3 Å². The van der Waals surface area contributed by atoms with Crippen molar-refractivity contribution in [3.8, 4) is 11.6 Å². The van der Waals surface area contributed by atoms with Gasteiger partial charge in [0.25, 0.3) is 0 Å². The number of para-hydroxylation sites is 1. The molecule has 9 heteroatoms. The molecule has 130 valence electrons. The maximum atomic E-state index is 12.9. The lowest BCUT2D eigenvalue weighted by molar-refractivity contribution is -0.139. The van der Waals surface area contributed by atoms with Gasteiger partial charge in [0.05, 0.1) is 30.4 Å². The lowest BCUT2D eigenvalue weighted by Crippen LogP contribution is -2.11. The van der Waals surface area contributed by atoms with Gasteiger partial charge in [-0.2, -0.15) is 23.3 Å². The third kappa shape index (κ3) is 3.54. The van der Waals surface area contributed by atoms with Gasteiger partial charge in [0.1, 0.15) is 5.56 Å². The molecule has 0 aliphatic heterocycles. The molecule has 3 aromatic rings. The molecule has 0 atom stereocenters. The van der Waals surface area contributed by atoms with Gasteiger partial charge in [-0.05, 0) is 19.1 Å². The molecule has 1 N–H and O–H groups in total. The van der Waals surface area contributed by atoms with Crippen LogP contribution >= 0.6 is 0 Å². The van der Waals surface area contributed by atoms with Crippen LogP contribution in [-0.4, -0.2) is 26.9 Å². The van der Waals surface area contributed by atoms with E-state index < -0.39 is 17.6 Å². The minimum Gasteiger partial charge on any atom is -0.480 e. The Kier molecular flexibility index (Phi) is 4.30. The number of hydrogen-bond donors (Lipinski definition) is 1. The molecule has 2 aromatic heterocycles. The van der Waals surface area contributed by atoms with Gasteiger partial charge in [0.15, 0.2) is 0 Å². The fourth-order valence-corrected chi connectivity index (χ4v) is 2.19. The van der Waals surface area contributed by atoms with Gasteiger partial charge in [-0.3, -0.25) is 0 Å². The maximum Gasteiger partial charge on any atom is 0.423 e. The van der Waals surface area contributed by atoms with E-state index >= 15 is 0 Å². The quantitative estimate of drug-likeness (QED) is 0.777. The molecule has 0 saturated carbocycles. The number of aryl methyl sites for hydroxylation is 1. The van der Waals surface area contributed by atoms with Crippen LogP contribution < -0.4 is 10.1 Å². The Morgan fingerprint density at radius 1 is 1.16 bits per heavy atom. The molecule has 0 aliphatic rings. The summed E-state index contributed by atoms with van der Waals surface area (Å²) in [6, 6.07) is 9.41. The summed E-state index contributed by atoms with van der Waals surface area (Å²) >= 11 is 0. The number of nitrogens with zero attached hydrogens (tertiary/aromatic N) is 4. The summed E-state index contributed by atoms with van der Waals surface area (Å²) in [5, 5.41) is 7.23. The molecule has 0 aliphatic carbocycles. The van der Waals surface area contributed by atoms with E-state index in [1.807, 2.05) is 30.3 Å². The molecule has 25 heavy (non-hydrogen) atoms. The molecule has 1 aromatic carbocycles. The Morgan fingerprint density at radius 3 is 2.52 bits per heavy atom. The Hall–Kier alpha value is -3.10. The molecular weight excluding hydrogens is 335 g/mol. The van der Waals surface area contributed by atoms with E-state index in [0.29, 0.717) is 17.6 Å². The number of nitrogens with one attached hydrogen (secondary N) is 1. The molecule has 0 spiro atoms. The normalized spacial score (nSPS) is 11.4. The Labute approximate surface area is 141 Å². The first-order valence-electron chi connectivity index (χ1n) is 7.25. The molecular formula is C16H14F3N5O. The van der Waals surface area contributed by atoms with E-state index in [1.54, 1.807) is 17.8 Å². The smallest absolute Gasteiger partial charge is 0.423 e. The minimum absolute atomic E-state index is 0.0134. The molecule has 6 nitrogen and oxygen atoms in total. The predicted octanol–water partition coefficient (Wildman–Crippen LogP) is 3.74. The Balaban J connectivity index is 1.89. The number of halogens is 3. The lowest BCUT2D eigenvalue weighted by atomic mass is 10.3. The second-order valence-corrected chi connectivity index (χ2v) is 5.15. The number of alkyl halides is 3. The number of ether oxygens (including phenoxy) is 1. The number of methoxy groups -OCH3 is 1. The largest absolute Gasteiger partial charge is 0.480 e. The number of aromatic nitrogens is 4. The van der Waals surface area contributed by atoms with Gasteiger partial charge in [-0.25, -0.2) is 9.67 Å². The zero-order valence-corrected chi connectivity index (χ0v) is 13.4. The van der Waals surface area contributed by atoms with Crippen molar-refractivity contribution >= 4 is 11.6 Å². The first kappa shape index (κ1) is 16.7. The van der Waals surface area contributed by atoms with Gasteiger partial charge in [0, 0.05) is 6.20 Å². The minimum atomic E-state index is -4.59. The summed E-state index contributed by atoms with van der Waals surface area (Å²) in [4.78, 5) is 7.49. The predicted molar refractivity (Wildman–Crippen MR) is 85.2 cm³/mol. The van der Waals surface area contributed by atoms with Gasteiger partial charge < -0.3 is 10.1 Å². The molecule has 3 rings (SSSR count). The third-order valence-corrected chi connectivity index (χ3v) is 3.42.